The quantitative estimate of drug-likeness (QED) is 0.763. The lowest BCUT2D eigenvalue weighted by Crippen LogP contribution is -2.39. The highest BCUT2D eigenvalue weighted by atomic mass is 19.1. The first-order chi connectivity index (χ1) is 13.0. The van der Waals surface area contributed by atoms with Crippen LogP contribution in [0.2, 0.25) is 0 Å². The van der Waals surface area contributed by atoms with Gasteiger partial charge >= 0.3 is 0 Å². The molecule has 1 aliphatic heterocycles. The lowest BCUT2D eigenvalue weighted by molar-refractivity contribution is 0.222. The highest BCUT2D eigenvalue weighted by Gasteiger charge is 2.24. The van der Waals surface area contributed by atoms with Crippen molar-refractivity contribution in [3.8, 4) is 5.75 Å². The maximum absolute atomic E-state index is 13.2. The lowest BCUT2D eigenvalue weighted by Gasteiger charge is -2.33. The van der Waals surface area contributed by atoms with E-state index in [0.717, 1.165) is 25.9 Å². The molecule has 4 rings (SSSR count). The van der Waals surface area contributed by atoms with Gasteiger partial charge < -0.3 is 9.64 Å². The molecule has 0 bridgehead atoms. The van der Waals surface area contributed by atoms with Gasteiger partial charge in [-0.05, 0) is 44.7 Å². The zero-order valence-corrected chi connectivity index (χ0v) is 15.4. The fourth-order valence-electron chi connectivity index (χ4n) is 3.58. The van der Waals surface area contributed by atoms with Gasteiger partial charge in [-0.3, -0.25) is 9.89 Å². The number of benzene rings is 1. The van der Waals surface area contributed by atoms with Gasteiger partial charge in [0.2, 0.25) is 0 Å². The number of hydrogen-bond donors (Lipinski definition) is 1. The molecule has 0 aliphatic carbocycles. The average molecular weight is 371 g/mol. The van der Waals surface area contributed by atoms with Gasteiger partial charge in [-0.15, -0.1) is 0 Å². The van der Waals surface area contributed by atoms with E-state index in [0.29, 0.717) is 41.3 Å². The molecule has 27 heavy (non-hydrogen) atoms. The number of halogens is 1. The van der Waals surface area contributed by atoms with Crippen molar-refractivity contribution < 1.29 is 9.13 Å². The second kappa shape index (κ2) is 7.02. The standard InChI is InChI=1S/C19H22FN5O2/c1-12-17(18(26)25-19(21-12)22-13(2)23-25)24-8-6-14(7-9-24)11-27-16-5-3-4-15(20)10-16/h3-5,10,14H,6-9,11H2,1-2H3,(H,21,22,23). The molecule has 0 spiro atoms. The molecule has 142 valence electrons. The van der Waals surface area contributed by atoms with Crippen molar-refractivity contribution in [3.63, 3.8) is 0 Å². The number of aromatic amines is 1. The first-order valence-corrected chi connectivity index (χ1v) is 9.10. The number of ether oxygens (including phenoxy) is 1. The lowest BCUT2D eigenvalue weighted by atomic mass is 9.97. The van der Waals surface area contributed by atoms with Gasteiger partial charge in [-0.2, -0.15) is 9.50 Å². The molecule has 1 saturated heterocycles. The molecule has 3 heterocycles. The Morgan fingerprint density at radius 1 is 1.26 bits per heavy atom. The number of piperidine rings is 1. The number of H-pyrrole nitrogens is 1. The van der Waals surface area contributed by atoms with E-state index >= 15 is 0 Å². The monoisotopic (exact) mass is 371 g/mol. The van der Waals surface area contributed by atoms with Gasteiger partial charge in [-0.1, -0.05) is 6.07 Å². The van der Waals surface area contributed by atoms with Crippen LogP contribution in [-0.4, -0.2) is 39.3 Å². The maximum Gasteiger partial charge on any atom is 0.297 e. The van der Waals surface area contributed by atoms with E-state index in [1.165, 1.54) is 16.6 Å². The van der Waals surface area contributed by atoms with Crippen molar-refractivity contribution >= 4 is 11.5 Å². The Bertz CT molecular complexity index is 1020. The van der Waals surface area contributed by atoms with Gasteiger partial charge in [0.15, 0.2) is 0 Å². The summed E-state index contributed by atoms with van der Waals surface area (Å²) in [7, 11) is 0. The van der Waals surface area contributed by atoms with Crippen LogP contribution in [0.5, 0.6) is 5.75 Å². The summed E-state index contributed by atoms with van der Waals surface area (Å²) in [5.41, 5.74) is 1.20. The second-order valence-electron chi connectivity index (χ2n) is 6.99. The summed E-state index contributed by atoms with van der Waals surface area (Å²) in [6.07, 6.45) is 1.80. The van der Waals surface area contributed by atoms with Crippen LogP contribution in [0.25, 0.3) is 5.78 Å². The van der Waals surface area contributed by atoms with Crippen molar-refractivity contribution in [2.75, 3.05) is 24.6 Å². The van der Waals surface area contributed by atoms with Crippen LogP contribution in [0, 0.1) is 25.6 Å². The van der Waals surface area contributed by atoms with E-state index in [1.54, 1.807) is 19.1 Å². The van der Waals surface area contributed by atoms with E-state index < -0.39 is 0 Å². The summed E-state index contributed by atoms with van der Waals surface area (Å²) in [5, 5.41) is 2.94. The number of fused-ring (bicyclic) bond motifs is 1. The summed E-state index contributed by atoms with van der Waals surface area (Å²) in [4.78, 5) is 23.6. The first kappa shape index (κ1) is 17.5. The number of nitrogens with zero attached hydrogens (tertiary/aromatic N) is 4. The van der Waals surface area contributed by atoms with Crippen molar-refractivity contribution in [1.29, 1.82) is 0 Å². The molecule has 1 fully saturated rings. The zero-order valence-electron chi connectivity index (χ0n) is 15.4. The molecule has 0 unspecified atom stereocenters. The van der Waals surface area contributed by atoms with Crippen LogP contribution in [0.1, 0.15) is 24.4 Å². The minimum Gasteiger partial charge on any atom is -0.493 e. The predicted octanol–water partition coefficient (Wildman–Crippen LogP) is 2.47. The summed E-state index contributed by atoms with van der Waals surface area (Å²) >= 11 is 0. The number of aromatic nitrogens is 4. The summed E-state index contributed by atoms with van der Waals surface area (Å²) in [6, 6.07) is 6.20. The molecule has 1 aliphatic rings. The van der Waals surface area contributed by atoms with E-state index in [9.17, 15) is 9.18 Å². The minimum atomic E-state index is -0.296. The average Bonchev–Trinajstić information content (AvgIpc) is 3.01. The normalized spacial score (nSPS) is 15.4. The fourth-order valence-corrected chi connectivity index (χ4v) is 3.58. The van der Waals surface area contributed by atoms with Crippen LogP contribution in [0.3, 0.4) is 0 Å². The summed E-state index contributed by atoms with van der Waals surface area (Å²) < 4.78 is 20.4. The van der Waals surface area contributed by atoms with E-state index in [1.807, 2.05) is 6.92 Å². The second-order valence-corrected chi connectivity index (χ2v) is 6.99. The SMILES string of the molecule is Cc1nc2nc(C)c(N3CCC(COc4cccc(F)c4)CC3)c(=O)n2[nH]1. The van der Waals surface area contributed by atoms with Crippen molar-refractivity contribution in [1.82, 2.24) is 19.6 Å². The topological polar surface area (TPSA) is 75.5 Å². The Morgan fingerprint density at radius 3 is 2.78 bits per heavy atom. The van der Waals surface area contributed by atoms with Gasteiger partial charge in [-0.25, -0.2) is 9.37 Å². The molecule has 0 amide bonds. The number of anilines is 1. The zero-order chi connectivity index (χ0) is 19.0. The molecule has 0 radical (unpaired) electrons. The molecular formula is C19H22FN5O2. The number of nitrogens with one attached hydrogen (secondary N) is 1. The van der Waals surface area contributed by atoms with Gasteiger partial charge in [0.1, 0.15) is 23.1 Å². The van der Waals surface area contributed by atoms with Crippen molar-refractivity contribution in [2.24, 2.45) is 5.92 Å². The molecule has 8 heteroatoms. The van der Waals surface area contributed by atoms with Crippen molar-refractivity contribution in [3.05, 3.63) is 52.0 Å². The summed E-state index contributed by atoms with van der Waals surface area (Å²) in [5.74, 6) is 1.69. The highest BCUT2D eigenvalue weighted by Crippen LogP contribution is 2.24. The Balaban J connectivity index is 1.43. The molecule has 3 aromatic rings. The third-order valence-electron chi connectivity index (χ3n) is 4.97. The first-order valence-electron chi connectivity index (χ1n) is 9.10. The molecular weight excluding hydrogens is 349 g/mol. The Hall–Kier alpha value is -2.90. The van der Waals surface area contributed by atoms with Crippen LogP contribution in [0.15, 0.2) is 29.1 Å². The van der Waals surface area contributed by atoms with Crippen LogP contribution >= 0.6 is 0 Å². The van der Waals surface area contributed by atoms with Crippen LogP contribution in [0.4, 0.5) is 10.1 Å². The number of hydrogen-bond acceptors (Lipinski definition) is 5. The highest BCUT2D eigenvalue weighted by molar-refractivity contribution is 5.52. The maximum atomic E-state index is 13.2. The molecule has 1 N–H and O–H groups in total. The Kier molecular flexibility index (Phi) is 4.55. The third kappa shape index (κ3) is 3.51. The van der Waals surface area contributed by atoms with Gasteiger partial charge in [0.25, 0.3) is 11.3 Å². The van der Waals surface area contributed by atoms with Gasteiger partial charge in [0.05, 0.1) is 12.3 Å². The van der Waals surface area contributed by atoms with E-state index in [-0.39, 0.29) is 11.4 Å². The molecule has 0 atom stereocenters. The Labute approximate surface area is 155 Å². The van der Waals surface area contributed by atoms with Crippen LogP contribution in [-0.2, 0) is 0 Å². The van der Waals surface area contributed by atoms with Crippen LogP contribution < -0.4 is 15.2 Å². The van der Waals surface area contributed by atoms with E-state index in [2.05, 4.69) is 20.0 Å². The minimum absolute atomic E-state index is 0.118. The smallest absolute Gasteiger partial charge is 0.297 e. The molecule has 7 nitrogen and oxygen atoms in total. The van der Waals surface area contributed by atoms with E-state index in [4.69, 9.17) is 4.74 Å². The van der Waals surface area contributed by atoms with Crippen molar-refractivity contribution in [2.45, 2.75) is 26.7 Å². The predicted molar refractivity (Wildman–Crippen MR) is 99.9 cm³/mol. The molecule has 0 saturated carbocycles. The molecule has 1 aromatic carbocycles. The summed E-state index contributed by atoms with van der Waals surface area (Å²) in [6.45, 7) is 5.71. The molecule has 2 aromatic heterocycles. The number of rotatable bonds is 4. The largest absolute Gasteiger partial charge is 0.493 e. The Morgan fingerprint density at radius 2 is 2.04 bits per heavy atom. The third-order valence-corrected chi connectivity index (χ3v) is 4.97. The number of aryl methyl sites for hydroxylation is 2. The van der Waals surface area contributed by atoms with Gasteiger partial charge in [0, 0.05) is 19.2 Å². The fraction of sp³-hybridized carbons (Fsp3) is 0.421.